The van der Waals surface area contributed by atoms with Crippen LogP contribution in [0, 0.1) is 0 Å². The maximum atomic E-state index is 12.2. The van der Waals surface area contributed by atoms with Crippen molar-refractivity contribution in [1.82, 2.24) is 5.32 Å². The molecule has 0 aromatic heterocycles. The highest BCUT2D eigenvalue weighted by molar-refractivity contribution is 6.00. The molecule has 0 radical (unpaired) electrons. The average Bonchev–Trinajstić information content (AvgIpc) is 2.49. The van der Waals surface area contributed by atoms with Crippen molar-refractivity contribution in [3.8, 4) is 0 Å². The molecule has 0 fully saturated rings. The number of nitrogens with one attached hydrogen (secondary N) is 1. The molecule has 1 aliphatic rings. The zero-order chi connectivity index (χ0) is 12.3. The van der Waals surface area contributed by atoms with Crippen molar-refractivity contribution in [2.24, 2.45) is 0 Å². The molecule has 2 rings (SSSR count). The van der Waals surface area contributed by atoms with Crippen LogP contribution in [-0.4, -0.2) is 31.8 Å². The summed E-state index contributed by atoms with van der Waals surface area (Å²) >= 11 is 0. The number of aryl methyl sites for hydroxylation is 1. The van der Waals surface area contributed by atoms with Crippen molar-refractivity contribution in [3.05, 3.63) is 29.8 Å². The third-order valence-electron chi connectivity index (χ3n) is 3.15. The third kappa shape index (κ3) is 2.22. The minimum absolute atomic E-state index is 0.0236. The van der Waals surface area contributed by atoms with Crippen LogP contribution in [0.1, 0.15) is 12.0 Å². The van der Waals surface area contributed by atoms with Crippen molar-refractivity contribution in [1.29, 1.82) is 0 Å². The first-order valence-electron chi connectivity index (χ1n) is 5.78. The van der Waals surface area contributed by atoms with Crippen LogP contribution in [0.4, 0.5) is 5.69 Å². The number of benzene rings is 1. The molecule has 1 amide bonds. The molecule has 0 aliphatic carbocycles. The van der Waals surface area contributed by atoms with Gasteiger partial charge in [-0.05, 0) is 31.5 Å². The molecule has 0 bridgehead atoms. The molecule has 0 saturated heterocycles. The fourth-order valence-corrected chi connectivity index (χ4v) is 2.25. The third-order valence-corrected chi connectivity index (χ3v) is 3.15. The first-order valence-corrected chi connectivity index (χ1v) is 5.78. The molecular weight excluding hydrogens is 216 g/mol. The van der Waals surface area contributed by atoms with Gasteiger partial charge in [-0.1, -0.05) is 18.2 Å². The largest absolute Gasteiger partial charge is 0.309 e. The lowest BCUT2D eigenvalue weighted by atomic mass is 10.1. The predicted octanol–water partition coefficient (Wildman–Crippen LogP) is 0.753. The molecule has 0 unspecified atom stereocenters. The minimum Gasteiger partial charge on any atom is -0.309 e. The van der Waals surface area contributed by atoms with Crippen molar-refractivity contribution < 1.29 is 9.59 Å². The Kier molecular flexibility index (Phi) is 3.54. The molecule has 1 atom stereocenters. The van der Waals surface area contributed by atoms with E-state index in [-0.39, 0.29) is 18.5 Å². The summed E-state index contributed by atoms with van der Waals surface area (Å²) in [4.78, 5) is 24.5. The SMILES string of the molecule is CN[C@H]1CCc2ccccc2N(CC=O)C1=O. The highest BCUT2D eigenvalue weighted by atomic mass is 16.2. The maximum Gasteiger partial charge on any atom is 0.244 e. The summed E-state index contributed by atoms with van der Waals surface area (Å²) in [5.74, 6) is -0.0236. The van der Waals surface area contributed by atoms with E-state index in [9.17, 15) is 9.59 Å². The first kappa shape index (κ1) is 11.8. The smallest absolute Gasteiger partial charge is 0.244 e. The van der Waals surface area contributed by atoms with Crippen LogP contribution in [0.3, 0.4) is 0 Å². The number of likely N-dealkylation sites (N-methyl/N-ethyl adjacent to an activating group) is 1. The zero-order valence-corrected chi connectivity index (χ0v) is 9.85. The Bertz CT molecular complexity index is 431. The standard InChI is InChI=1S/C13H16N2O2/c1-14-11-7-6-10-4-2-3-5-12(10)15(8-9-16)13(11)17/h2-5,9,11,14H,6-8H2,1H3/t11-/m0/s1. The zero-order valence-electron chi connectivity index (χ0n) is 9.85. The molecule has 90 valence electrons. The number of amides is 1. The number of anilines is 1. The Morgan fingerprint density at radius 3 is 2.94 bits per heavy atom. The average molecular weight is 232 g/mol. The summed E-state index contributed by atoms with van der Waals surface area (Å²) in [6, 6.07) is 7.56. The molecule has 1 aromatic carbocycles. The van der Waals surface area contributed by atoms with Crippen LogP contribution < -0.4 is 10.2 Å². The van der Waals surface area contributed by atoms with Gasteiger partial charge >= 0.3 is 0 Å². The number of fused-ring (bicyclic) bond motifs is 1. The van der Waals surface area contributed by atoms with Gasteiger partial charge < -0.3 is 15.0 Å². The van der Waals surface area contributed by atoms with E-state index in [1.165, 1.54) is 0 Å². The Morgan fingerprint density at radius 1 is 1.47 bits per heavy atom. The van der Waals surface area contributed by atoms with E-state index >= 15 is 0 Å². The first-order chi connectivity index (χ1) is 8.27. The number of carbonyl (C=O) groups excluding carboxylic acids is 2. The van der Waals surface area contributed by atoms with Crippen molar-refractivity contribution in [2.75, 3.05) is 18.5 Å². The summed E-state index contributed by atoms with van der Waals surface area (Å²) in [6.07, 6.45) is 2.39. The minimum atomic E-state index is -0.206. The predicted molar refractivity (Wildman–Crippen MR) is 66.0 cm³/mol. The monoisotopic (exact) mass is 232 g/mol. The second-order valence-electron chi connectivity index (χ2n) is 4.12. The van der Waals surface area contributed by atoms with E-state index in [4.69, 9.17) is 0 Å². The van der Waals surface area contributed by atoms with Gasteiger partial charge in [0.05, 0.1) is 12.6 Å². The van der Waals surface area contributed by atoms with Gasteiger partial charge in [0.2, 0.25) is 5.91 Å². The number of hydrogen-bond acceptors (Lipinski definition) is 3. The van der Waals surface area contributed by atoms with Gasteiger partial charge in [0, 0.05) is 5.69 Å². The summed E-state index contributed by atoms with van der Waals surface area (Å²) in [6.45, 7) is 0.119. The molecule has 4 nitrogen and oxygen atoms in total. The number of rotatable bonds is 3. The van der Waals surface area contributed by atoms with Crippen molar-refractivity contribution >= 4 is 17.9 Å². The molecule has 1 aliphatic heterocycles. The fraction of sp³-hybridized carbons (Fsp3) is 0.385. The molecule has 1 N–H and O–H groups in total. The van der Waals surface area contributed by atoms with Crippen LogP contribution >= 0.6 is 0 Å². The molecule has 1 heterocycles. The van der Waals surface area contributed by atoms with E-state index in [1.54, 1.807) is 11.9 Å². The lowest BCUT2D eigenvalue weighted by molar-refractivity contribution is -0.121. The van der Waals surface area contributed by atoms with Gasteiger partial charge in [-0.3, -0.25) is 4.79 Å². The van der Waals surface area contributed by atoms with E-state index in [0.29, 0.717) is 0 Å². The molecule has 0 saturated carbocycles. The van der Waals surface area contributed by atoms with Crippen LogP contribution in [0.25, 0.3) is 0 Å². The van der Waals surface area contributed by atoms with Gasteiger partial charge in [0.1, 0.15) is 6.29 Å². The molecule has 0 spiro atoms. The second kappa shape index (κ2) is 5.10. The van der Waals surface area contributed by atoms with Gasteiger partial charge in [-0.25, -0.2) is 0 Å². The normalized spacial score (nSPS) is 19.7. The molecule has 17 heavy (non-hydrogen) atoms. The highest BCUT2D eigenvalue weighted by Crippen LogP contribution is 2.26. The highest BCUT2D eigenvalue weighted by Gasteiger charge is 2.28. The topological polar surface area (TPSA) is 49.4 Å². The molecule has 4 heteroatoms. The van der Waals surface area contributed by atoms with Gasteiger partial charge in [-0.2, -0.15) is 0 Å². The van der Waals surface area contributed by atoms with Crippen LogP contribution in [0.5, 0.6) is 0 Å². The second-order valence-corrected chi connectivity index (χ2v) is 4.12. The summed E-state index contributed by atoms with van der Waals surface area (Å²) < 4.78 is 0. The lowest BCUT2D eigenvalue weighted by Gasteiger charge is -2.23. The number of hydrogen-bond donors (Lipinski definition) is 1. The summed E-state index contributed by atoms with van der Waals surface area (Å²) in [7, 11) is 1.78. The van der Waals surface area contributed by atoms with E-state index < -0.39 is 0 Å². The van der Waals surface area contributed by atoms with Crippen LogP contribution in [0.15, 0.2) is 24.3 Å². The van der Waals surface area contributed by atoms with Crippen molar-refractivity contribution in [3.63, 3.8) is 0 Å². The Labute approximate surface area is 101 Å². The lowest BCUT2D eigenvalue weighted by Crippen LogP contribution is -2.45. The number of carbonyl (C=O) groups is 2. The number of para-hydroxylation sites is 1. The van der Waals surface area contributed by atoms with E-state index in [1.807, 2.05) is 24.3 Å². The van der Waals surface area contributed by atoms with E-state index in [2.05, 4.69) is 5.32 Å². The Hall–Kier alpha value is -1.68. The van der Waals surface area contributed by atoms with Gasteiger partial charge in [-0.15, -0.1) is 0 Å². The Morgan fingerprint density at radius 2 is 2.24 bits per heavy atom. The quantitative estimate of drug-likeness (QED) is 0.782. The fourth-order valence-electron chi connectivity index (χ4n) is 2.25. The van der Waals surface area contributed by atoms with Crippen LogP contribution in [0.2, 0.25) is 0 Å². The maximum absolute atomic E-state index is 12.2. The molecular formula is C13H16N2O2. The van der Waals surface area contributed by atoms with Crippen LogP contribution in [-0.2, 0) is 16.0 Å². The summed E-state index contributed by atoms with van der Waals surface area (Å²) in [5, 5.41) is 3.01. The number of aldehydes is 1. The van der Waals surface area contributed by atoms with Gasteiger partial charge in [0.25, 0.3) is 0 Å². The summed E-state index contributed by atoms with van der Waals surface area (Å²) in [5.41, 5.74) is 1.99. The van der Waals surface area contributed by atoms with Gasteiger partial charge in [0.15, 0.2) is 0 Å². The van der Waals surface area contributed by atoms with Crippen molar-refractivity contribution in [2.45, 2.75) is 18.9 Å². The molecule has 1 aromatic rings. The number of nitrogens with zero attached hydrogens (tertiary/aromatic N) is 1. The Balaban J connectivity index is 2.41. The van der Waals surface area contributed by atoms with E-state index in [0.717, 1.165) is 30.4 Å².